The number of benzene rings is 3. The largest absolute Gasteiger partial charge is 0.497 e. The zero-order valence-electron chi connectivity index (χ0n) is 30.1. The molecule has 3 aliphatic heterocycles. The minimum atomic E-state index is -2.47. The van der Waals surface area contributed by atoms with E-state index in [1.54, 1.807) is 24.0 Å². The van der Waals surface area contributed by atoms with Gasteiger partial charge in [0.15, 0.2) is 5.60 Å². The first-order valence-electron chi connectivity index (χ1n) is 18.0. The average Bonchev–Trinajstić information content (AvgIpc) is 3.52. The van der Waals surface area contributed by atoms with Gasteiger partial charge >= 0.3 is 0 Å². The number of rotatable bonds is 10. The van der Waals surface area contributed by atoms with Crippen LogP contribution >= 0.6 is 0 Å². The Labute approximate surface area is 297 Å². The quantitative estimate of drug-likeness (QED) is 0.277. The van der Waals surface area contributed by atoms with Gasteiger partial charge in [0.1, 0.15) is 5.75 Å². The lowest BCUT2D eigenvalue weighted by Crippen LogP contribution is -2.52. The van der Waals surface area contributed by atoms with Gasteiger partial charge in [0.25, 0.3) is 5.91 Å². The molecule has 1 N–H and O–H groups in total. The number of likely N-dealkylation sites (N-methyl/N-ethyl adjacent to an activating group) is 1. The van der Waals surface area contributed by atoms with Gasteiger partial charge in [0, 0.05) is 50.3 Å². The van der Waals surface area contributed by atoms with E-state index in [9.17, 15) is 19.5 Å². The van der Waals surface area contributed by atoms with Crippen molar-refractivity contribution in [2.75, 3.05) is 43.7 Å². The van der Waals surface area contributed by atoms with Gasteiger partial charge in [0.2, 0.25) is 11.8 Å². The summed E-state index contributed by atoms with van der Waals surface area (Å²) in [5.74, 6) is 0.325. The predicted octanol–water partition coefficient (Wildman–Crippen LogP) is 5.60. The summed E-state index contributed by atoms with van der Waals surface area (Å²) >= 11 is 0. The highest BCUT2D eigenvalue weighted by molar-refractivity contribution is 6.91. The Bertz CT molecular complexity index is 1700. The number of amides is 3. The molecule has 0 saturated carbocycles. The maximum atomic E-state index is 14.6. The number of ether oxygens (including phenoxy) is 2. The van der Waals surface area contributed by atoms with E-state index in [4.69, 9.17) is 9.47 Å². The summed E-state index contributed by atoms with van der Waals surface area (Å²) in [6.45, 7) is 7.75. The number of anilines is 2. The Morgan fingerprint density at radius 2 is 1.74 bits per heavy atom. The van der Waals surface area contributed by atoms with Crippen LogP contribution in [0.25, 0.3) is 0 Å². The van der Waals surface area contributed by atoms with Gasteiger partial charge in [-0.25, -0.2) is 0 Å². The van der Waals surface area contributed by atoms with E-state index < -0.39 is 19.8 Å². The molecule has 0 radical (unpaired) electrons. The molecule has 0 bridgehead atoms. The molecule has 3 heterocycles. The van der Waals surface area contributed by atoms with Crippen LogP contribution in [0, 0.1) is 5.92 Å². The summed E-state index contributed by atoms with van der Waals surface area (Å²) in [4.78, 5) is 47.5. The first-order chi connectivity index (χ1) is 24.0. The summed E-state index contributed by atoms with van der Waals surface area (Å²) in [5, 5.41) is 11.1. The maximum Gasteiger partial charge on any atom is 0.264 e. The van der Waals surface area contributed by atoms with Crippen LogP contribution in [0.5, 0.6) is 5.75 Å². The second-order valence-electron chi connectivity index (χ2n) is 14.7. The summed E-state index contributed by atoms with van der Waals surface area (Å²) in [7, 11) is 0.964. The third-order valence-corrected chi connectivity index (χ3v) is 15.8. The van der Waals surface area contributed by atoms with Crippen LogP contribution < -0.4 is 19.7 Å². The predicted molar refractivity (Wildman–Crippen MR) is 198 cm³/mol. The first kappa shape index (κ1) is 35.8. The molecule has 2 fully saturated rings. The van der Waals surface area contributed by atoms with Crippen LogP contribution in [-0.2, 0) is 31.3 Å². The fourth-order valence-corrected chi connectivity index (χ4v) is 12.7. The summed E-state index contributed by atoms with van der Waals surface area (Å²) < 4.78 is 12.6. The molecule has 2 saturated heterocycles. The smallest absolute Gasteiger partial charge is 0.264 e. The lowest BCUT2D eigenvalue weighted by Gasteiger charge is -2.37. The highest BCUT2D eigenvalue weighted by atomic mass is 28.3. The van der Waals surface area contributed by atoms with E-state index in [-0.39, 0.29) is 48.8 Å². The molecule has 10 heteroatoms. The van der Waals surface area contributed by atoms with Crippen LogP contribution in [0.1, 0.15) is 56.6 Å². The van der Waals surface area contributed by atoms with E-state index in [1.165, 1.54) is 5.19 Å². The van der Waals surface area contributed by atoms with Crippen LogP contribution in [0.15, 0.2) is 72.8 Å². The molecule has 0 aromatic heterocycles. The Morgan fingerprint density at radius 1 is 1.02 bits per heavy atom. The number of hydrogen-bond donors (Lipinski definition) is 1. The van der Waals surface area contributed by atoms with Gasteiger partial charge in [-0.2, -0.15) is 0 Å². The van der Waals surface area contributed by atoms with Crippen LogP contribution in [0.4, 0.5) is 11.4 Å². The van der Waals surface area contributed by atoms with Crippen molar-refractivity contribution in [3.05, 3.63) is 83.9 Å². The average molecular weight is 698 g/mol. The highest BCUT2D eigenvalue weighted by Gasteiger charge is 2.66. The van der Waals surface area contributed by atoms with Crippen molar-refractivity contribution in [1.82, 2.24) is 4.90 Å². The zero-order chi connectivity index (χ0) is 35.6. The monoisotopic (exact) mass is 697 g/mol. The summed E-state index contributed by atoms with van der Waals surface area (Å²) in [5.41, 5.74) is 1.85. The lowest BCUT2D eigenvalue weighted by atomic mass is 9.82. The molecule has 3 amide bonds. The van der Waals surface area contributed by atoms with E-state index in [2.05, 4.69) is 32.2 Å². The van der Waals surface area contributed by atoms with Crippen molar-refractivity contribution >= 4 is 42.4 Å². The number of hydrogen-bond acceptors (Lipinski definition) is 6. The SMILES string of the molecule is COc1ccc([Si](C)(C)[C@@H]2[C@@H](CC(=O)N(CCO)Cc3ccccc3)O[C@]3(C(=O)N(C)c4ccc(N5CCCCCCC5=O)cc43)[C@H]2C)cc1. The van der Waals surface area contributed by atoms with Crippen molar-refractivity contribution in [3.8, 4) is 5.75 Å². The summed E-state index contributed by atoms with van der Waals surface area (Å²) in [6.07, 6.45) is 3.98. The Balaban J connectivity index is 1.42. The second-order valence-corrected chi connectivity index (χ2v) is 19.3. The minimum absolute atomic E-state index is 0.0762. The standard InChI is InChI=1S/C40H51N3O6Si/c1-28-38(50(4,5)32-19-17-31(48-3)18-20-32)35(26-37(46)42(23-24-44)27-29-13-9-8-10-14-29)49-40(28)33-25-30(16-21-34(33)41(2)39(40)47)43-22-12-7-6-11-15-36(43)45/h8-10,13-14,16-21,25,28,35,38,44H,6-7,11-12,15,22-24,26-27H2,1-5H3/t28-,35+,38-,40+/m0/s1. The third-order valence-electron chi connectivity index (χ3n) is 11.4. The van der Waals surface area contributed by atoms with Crippen LogP contribution in [0.2, 0.25) is 18.6 Å². The molecule has 0 unspecified atom stereocenters. The fourth-order valence-electron chi connectivity index (χ4n) is 8.73. The highest BCUT2D eigenvalue weighted by Crippen LogP contribution is 2.60. The molecular weight excluding hydrogens is 647 g/mol. The van der Waals surface area contributed by atoms with E-state index in [0.717, 1.165) is 53.9 Å². The Morgan fingerprint density at radius 3 is 2.44 bits per heavy atom. The number of aliphatic hydroxyl groups excluding tert-OH is 1. The minimum Gasteiger partial charge on any atom is -0.497 e. The molecule has 266 valence electrons. The van der Waals surface area contributed by atoms with Gasteiger partial charge in [-0.05, 0) is 54.3 Å². The Hall–Kier alpha value is -3.99. The first-order valence-corrected chi connectivity index (χ1v) is 21.1. The molecule has 4 atom stereocenters. The molecule has 3 aromatic carbocycles. The van der Waals surface area contributed by atoms with Crippen molar-refractivity contribution in [2.24, 2.45) is 5.92 Å². The van der Waals surface area contributed by atoms with Gasteiger partial charge in [-0.1, -0.05) is 80.5 Å². The molecule has 3 aliphatic rings. The maximum absolute atomic E-state index is 14.6. The second kappa shape index (κ2) is 14.7. The topological polar surface area (TPSA) is 99.6 Å². The van der Waals surface area contributed by atoms with Gasteiger partial charge in [0.05, 0.1) is 40.0 Å². The fraction of sp³-hybridized carbons (Fsp3) is 0.475. The number of carbonyl (C=O) groups is 3. The summed E-state index contributed by atoms with van der Waals surface area (Å²) in [6, 6.07) is 23.8. The molecule has 3 aromatic rings. The van der Waals surface area contributed by atoms with Gasteiger partial charge < -0.3 is 29.3 Å². The molecule has 50 heavy (non-hydrogen) atoms. The lowest BCUT2D eigenvalue weighted by molar-refractivity contribution is -0.149. The molecular formula is C40H51N3O6Si. The molecule has 1 spiro atoms. The number of nitrogens with zero attached hydrogens (tertiary/aromatic N) is 3. The molecule has 9 nitrogen and oxygen atoms in total. The van der Waals surface area contributed by atoms with Crippen molar-refractivity contribution in [2.45, 2.75) is 82.3 Å². The third kappa shape index (κ3) is 6.49. The van der Waals surface area contributed by atoms with Gasteiger partial charge in [-0.15, -0.1) is 0 Å². The zero-order valence-corrected chi connectivity index (χ0v) is 31.1. The normalized spacial score (nSPS) is 23.9. The van der Waals surface area contributed by atoms with Crippen molar-refractivity contribution in [3.63, 3.8) is 0 Å². The Kier molecular flexibility index (Phi) is 10.5. The van der Waals surface area contributed by atoms with Crippen LogP contribution in [0.3, 0.4) is 0 Å². The van der Waals surface area contributed by atoms with E-state index in [0.29, 0.717) is 19.5 Å². The number of aliphatic hydroxyl groups is 1. The van der Waals surface area contributed by atoms with E-state index >= 15 is 0 Å². The number of methoxy groups -OCH3 is 1. The van der Waals surface area contributed by atoms with Crippen molar-refractivity contribution < 1.29 is 29.0 Å². The van der Waals surface area contributed by atoms with E-state index in [1.807, 2.05) is 65.6 Å². The number of fused-ring (bicyclic) bond motifs is 2. The van der Waals surface area contributed by atoms with Crippen LogP contribution in [-0.4, -0.2) is 75.8 Å². The van der Waals surface area contributed by atoms with Crippen molar-refractivity contribution in [1.29, 1.82) is 0 Å². The molecule has 6 rings (SSSR count). The van der Waals surface area contributed by atoms with Gasteiger partial charge in [-0.3, -0.25) is 14.4 Å². The number of carbonyl (C=O) groups excluding carboxylic acids is 3. The molecule has 0 aliphatic carbocycles.